The standard InChI is InChI=1S/C68H36N4OS2/c1-70-60-58(41-23-9-4-10-24-41)65(72-63-45(33-35-47-43-26-13-17-31-55(43)74-67(47)63)46-34-36-48-44-27-14-18-32-56(44)75-68(48)64(46)72)57(40-21-7-3-8-22-40)52(38-69)61(60)71-53-29-15-11-25-42(53)51-37-50(39-19-5-2-6-20-39)59-49-28-12-16-30-54(49)73-66(59)62(51)71/h2-37H. The molecule has 0 spiro atoms. The second kappa shape index (κ2) is 15.9. The highest BCUT2D eigenvalue weighted by Gasteiger charge is 2.34. The molecular formula is C68H36N4OS2. The molecule has 16 aromatic rings. The van der Waals surface area contributed by atoms with Gasteiger partial charge in [-0.05, 0) is 52.6 Å². The monoisotopic (exact) mass is 988 g/mol. The van der Waals surface area contributed by atoms with E-state index in [9.17, 15) is 11.8 Å². The third-order valence-electron chi connectivity index (χ3n) is 15.4. The summed E-state index contributed by atoms with van der Waals surface area (Å²) in [5.41, 5.74) is 12.6. The molecule has 0 aliphatic heterocycles. The Labute approximate surface area is 436 Å². The zero-order chi connectivity index (χ0) is 49.5. The Balaban J connectivity index is 1.18. The minimum atomic E-state index is 0.369. The number of thiophene rings is 2. The zero-order valence-electron chi connectivity index (χ0n) is 39.8. The molecule has 5 aromatic heterocycles. The van der Waals surface area contributed by atoms with Crippen LogP contribution in [0.3, 0.4) is 0 Å². The van der Waals surface area contributed by atoms with Gasteiger partial charge < -0.3 is 13.6 Å². The number of nitriles is 1. The molecule has 0 saturated heterocycles. The zero-order valence-corrected chi connectivity index (χ0v) is 41.4. The van der Waals surface area contributed by atoms with E-state index in [4.69, 9.17) is 9.26 Å². The molecule has 0 fully saturated rings. The van der Waals surface area contributed by atoms with E-state index in [0.29, 0.717) is 22.5 Å². The van der Waals surface area contributed by atoms with Crippen molar-refractivity contribution in [2.75, 3.05) is 0 Å². The van der Waals surface area contributed by atoms with E-state index < -0.39 is 0 Å². The van der Waals surface area contributed by atoms with Crippen molar-refractivity contribution in [3.63, 3.8) is 0 Å². The van der Waals surface area contributed by atoms with Gasteiger partial charge in [-0.1, -0.05) is 188 Å². The molecule has 0 bridgehead atoms. The fourth-order valence-corrected chi connectivity index (χ4v) is 14.8. The van der Waals surface area contributed by atoms with Crippen LogP contribution >= 0.6 is 22.7 Å². The van der Waals surface area contributed by atoms with E-state index in [2.05, 4.69) is 197 Å². The molecule has 0 amide bonds. The summed E-state index contributed by atoms with van der Waals surface area (Å²) in [4.78, 5) is 4.71. The van der Waals surface area contributed by atoms with Gasteiger partial charge in [-0.15, -0.1) is 22.7 Å². The lowest BCUT2D eigenvalue weighted by Crippen LogP contribution is -2.08. The van der Waals surface area contributed by atoms with Crippen LogP contribution in [-0.2, 0) is 0 Å². The first-order chi connectivity index (χ1) is 37.2. The summed E-state index contributed by atoms with van der Waals surface area (Å²) in [6, 6.07) is 79.4. The maximum atomic E-state index is 12.4. The number of furan rings is 1. The van der Waals surface area contributed by atoms with E-state index in [0.717, 1.165) is 108 Å². The molecule has 11 aromatic carbocycles. The second-order valence-corrected chi connectivity index (χ2v) is 21.3. The highest BCUT2D eigenvalue weighted by atomic mass is 32.1. The molecule has 0 aliphatic carbocycles. The highest BCUT2D eigenvalue weighted by molar-refractivity contribution is 7.27. The summed E-state index contributed by atoms with van der Waals surface area (Å²) in [5, 5.41) is 23.3. The first kappa shape index (κ1) is 41.8. The van der Waals surface area contributed by atoms with Crippen molar-refractivity contribution in [3.8, 4) is 50.8 Å². The maximum Gasteiger partial charge on any atom is 0.221 e. The Hall–Kier alpha value is -9.76. The van der Waals surface area contributed by atoms with Crippen LogP contribution in [0.4, 0.5) is 5.69 Å². The van der Waals surface area contributed by atoms with Crippen molar-refractivity contribution >= 4 is 134 Å². The van der Waals surface area contributed by atoms with Crippen molar-refractivity contribution in [1.29, 1.82) is 5.26 Å². The number of fused-ring (bicyclic) bond motifs is 18. The molecule has 346 valence electrons. The van der Waals surface area contributed by atoms with E-state index >= 15 is 0 Å². The molecule has 5 heterocycles. The highest BCUT2D eigenvalue weighted by Crippen LogP contribution is 2.56. The lowest BCUT2D eigenvalue weighted by Gasteiger charge is -2.26. The van der Waals surface area contributed by atoms with E-state index in [1.165, 1.54) is 30.9 Å². The Morgan fingerprint density at radius 2 is 0.947 bits per heavy atom. The van der Waals surface area contributed by atoms with Gasteiger partial charge in [-0.3, -0.25) is 0 Å². The molecule has 0 aliphatic rings. The van der Waals surface area contributed by atoms with Crippen molar-refractivity contribution in [2.24, 2.45) is 0 Å². The number of aromatic nitrogens is 2. The Morgan fingerprint density at radius 1 is 0.440 bits per heavy atom. The second-order valence-electron chi connectivity index (χ2n) is 19.2. The number of nitrogens with zero attached hydrogens (tertiary/aromatic N) is 4. The molecule has 75 heavy (non-hydrogen) atoms. The number of hydrogen-bond donors (Lipinski definition) is 0. The SMILES string of the molecule is [C-]#[N+]c1c(-c2ccccc2)c(-n2c3c(ccc4c5ccccc5sc43)c3ccc4c5ccccc5sc4c32)c(-c2ccccc2)c(C#N)c1-n1c2ccccc2c2cc(-c3ccccc3)c3c4ccccc4oc3c21. The topological polar surface area (TPSA) is 51.1 Å². The molecule has 5 nitrogen and oxygen atoms in total. The lowest BCUT2D eigenvalue weighted by atomic mass is 9.88. The number of para-hydroxylation sites is 2. The number of benzene rings is 11. The van der Waals surface area contributed by atoms with Crippen LogP contribution in [0.1, 0.15) is 5.56 Å². The van der Waals surface area contributed by atoms with Crippen LogP contribution in [-0.4, -0.2) is 9.13 Å². The molecule has 0 atom stereocenters. The summed E-state index contributed by atoms with van der Waals surface area (Å²) < 4.78 is 16.5. The minimum absolute atomic E-state index is 0.369. The Kier molecular flexibility index (Phi) is 8.85. The molecule has 16 rings (SSSR count). The molecular weight excluding hydrogens is 953 g/mol. The van der Waals surface area contributed by atoms with Gasteiger partial charge in [0.1, 0.15) is 11.7 Å². The van der Waals surface area contributed by atoms with Gasteiger partial charge in [-0.25, -0.2) is 4.85 Å². The third kappa shape index (κ3) is 5.74. The Bertz CT molecular complexity index is 4990. The lowest BCUT2D eigenvalue weighted by molar-refractivity contribution is 0.671. The Morgan fingerprint density at radius 3 is 1.55 bits per heavy atom. The molecule has 0 radical (unpaired) electrons. The normalized spacial score (nSPS) is 12.0. The van der Waals surface area contributed by atoms with E-state index in [-0.39, 0.29) is 0 Å². The van der Waals surface area contributed by atoms with Gasteiger partial charge in [0.25, 0.3) is 0 Å². The molecule has 7 heteroatoms. The average Bonchev–Trinajstić information content (AvgIpc) is 4.47. The average molecular weight is 989 g/mol. The molecule has 0 N–H and O–H groups in total. The van der Waals surface area contributed by atoms with Gasteiger partial charge in [-0.2, -0.15) is 5.26 Å². The smallest absolute Gasteiger partial charge is 0.221 e. The first-order valence-corrected chi connectivity index (χ1v) is 26.6. The minimum Gasteiger partial charge on any atom is -0.454 e. The van der Waals surface area contributed by atoms with Crippen molar-refractivity contribution in [3.05, 3.63) is 235 Å². The molecule has 0 saturated carbocycles. The van der Waals surface area contributed by atoms with Crippen LogP contribution < -0.4 is 0 Å². The predicted molar refractivity (Wildman–Crippen MR) is 315 cm³/mol. The summed E-state index contributed by atoms with van der Waals surface area (Å²) in [7, 11) is 0. The van der Waals surface area contributed by atoms with Gasteiger partial charge in [0.05, 0.1) is 55.0 Å². The van der Waals surface area contributed by atoms with Crippen molar-refractivity contribution in [1.82, 2.24) is 9.13 Å². The summed E-state index contributed by atoms with van der Waals surface area (Å²) in [5.74, 6) is 0. The predicted octanol–water partition coefficient (Wildman–Crippen LogP) is 19.9. The van der Waals surface area contributed by atoms with Crippen LogP contribution in [0, 0.1) is 17.9 Å². The fraction of sp³-hybridized carbons (Fsp3) is 0. The first-order valence-electron chi connectivity index (χ1n) is 24.9. The van der Waals surface area contributed by atoms with Gasteiger partial charge >= 0.3 is 0 Å². The fourth-order valence-electron chi connectivity index (χ4n) is 12.3. The van der Waals surface area contributed by atoms with Crippen molar-refractivity contribution < 1.29 is 4.42 Å². The van der Waals surface area contributed by atoms with Crippen LogP contribution in [0.5, 0.6) is 0 Å². The van der Waals surface area contributed by atoms with Gasteiger partial charge in [0, 0.05) is 74.4 Å². The van der Waals surface area contributed by atoms with Gasteiger partial charge in [0.15, 0.2) is 5.58 Å². The van der Waals surface area contributed by atoms with Gasteiger partial charge in [0.2, 0.25) is 5.69 Å². The summed E-state index contributed by atoms with van der Waals surface area (Å²) >= 11 is 3.60. The summed E-state index contributed by atoms with van der Waals surface area (Å²) in [6.07, 6.45) is 0. The van der Waals surface area contributed by atoms with Crippen LogP contribution in [0.25, 0.3) is 155 Å². The molecule has 0 unspecified atom stereocenters. The number of hydrogen-bond acceptors (Lipinski definition) is 4. The van der Waals surface area contributed by atoms with E-state index in [1.54, 1.807) is 22.7 Å². The number of rotatable bonds is 5. The van der Waals surface area contributed by atoms with Crippen LogP contribution in [0.15, 0.2) is 223 Å². The van der Waals surface area contributed by atoms with Crippen molar-refractivity contribution in [2.45, 2.75) is 0 Å². The van der Waals surface area contributed by atoms with E-state index in [1.807, 2.05) is 36.4 Å². The summed E-state index contributed by atoms with van der Waals surface area (Å²) in [6.45, 7) is 9.67. The van der Waals surface area contributed by atoms with Crippen LogP contribution in [0.2, 0.25) is 0 Å². The third-order valence-corrected chi connectivity index (χ3v) is 17.7. The maximum absolute atomic E-state index is 12.4. The largest absolute Gasteiger partial charge is 0.454 e. The quantitative estimate of drug-likeness (QED) is 0.161.